The third-order valence-electron chi connectivity index (χ3n) is 7.24. The van der Waals surface area contributed by atoms with Crippen LogP contribution in [0.15, 0.2) is 65.0 Å². The molecule has 1 saturated carbocycles. The van der Waals surface area contributed by atoms with Crippen LogP contribution in [0.1, 0.15) is 44.6 Å². The normalized spacial score (nSPS) is 26.3. The van der Waals surface area contributed by atoms with E-state index in [-0.39, 0.29) is 17.7 Å². The van der Waals surface area contributed by atoms with Gasteiger partial charge in [-0.2, -0.15) is 0 Å². The van der Waals surface area contributed by atoms with E-state index in [2.05, 4.69) is 41.4 Å². The molecular formula is C26H31N3O2. The smallest absolute Gasteiger partial charge is 0.235 e. The van der Waals surface area contributed by atoms with Crippen LogP contribution >= 0.6 is 0 Å². The van der Waals surface area contributed by atoms with E-state index in [4.69, 9.17) is 9.73 Å². The minimum absolute atomic E-state index is 0.0695. The number of aliphatic imine (C=N–C) groups is 1. The molecule has 0 aromatic heterocycles. The number of benzene rings is 1. The molecule has 1 amide bonds. The summed E-state index contributed by atoms with van der Waals surface area (Å²) in [5, 5.41) is 3.26. The lowest BCUT2D eigenvalue weighted by Crippen LogP contribution is -2.46. The fourth-order valence-corrected chi connectivity index (χ4v) is 5.09. The van der Waals surface area contributed by atoms with Gasteiger partial charge in [0.25, 0.3) is 0 Å². The Morgan fingerprint density at radius 1 is 1.13 bits per heavy atom. The van der Waals surface area contributed by atoms with Crippen LogP contribution in [0.25, 0.3) is 0 Å². The van der Waals surface area contributed by atoms with Gasteiger partial charge < -0.3 is 15.0 Å². The predicted octanol–water partition coefficient (Wildman–Crippen LogP) is 4.33. The molecule has 0 bridgehead atoms. The van der Waals surface area contributed by atoms with E-state index >= 15 is 0 Å². The maximum atomic E-state index is 13.5. The maximum absolute atomic E-state index is 13.5. The van der Waals surface area contributed by atoms with Crippen molar-refractivity contribution in [3.8, 4) is 5.75 Å². The molecule has 2 unspecified atom stereocenters. The number of nitrogens with zero attached hydrogens (tertiary/aromatic N) is 2. The first-order valence-electron chi connectivity index (χ1n) is 11.5. The Hall–Kier alpha value is -2.82. The first-order valence-corrected chi connectivity index (χ1v) is 11.5. The standard InChI is InChI=1S/C26H31N3O2/c1-18-21-8-4-5-9-22(21)24(29-16-6-3-7-17-29)27-23(18)28-25(30)26(14-15-26)19-10-12-20(31-2)13-11-19/h4-5,8-13,18,21H,3,6-7,14-17H2,1-2H3,(H,27,28,30). The summed E-state index contributed by atoms with van der Waals surface area (Å²) in [4.78, 5) is 20.9. The number of fused-ring (bicyclic) bond motifs is 1. The molecule has 2 aliphatic carbocycles. The first-order chi connectivity index (χ1) is 15.1. The third kappa shape index (κ3) is 3.60. The lowest BCUT2D eigenvalue weighted by molar-refractivity contribution is -0.122. The zero-order valence-electron chi connectivity index (χ0n) is 18.4. The summed E-state index contributed by atoms with van der Waals surface area (Å²) in [7, 11) is 1.66. The molecule has 5 rings (SSSR count). The topological polar surface area (TPSA) is 53.9 Å². The summed E-state index contributed by atoms with van der Waals surface area (Å²) in [6.07, 6.45) is 14.1. The van der Waals surface area contributed by atoms with Gasteiger partial charge in [0.1, 0.15) is 17.4 Å². The van der Waals surface area contributed by atoms with Crippen LogP contribution in [0, 0.1) is 11.8 Å². The van der Waals surface area contributed by atoms with Crippen LogP contribution in [-0.2, 0) is 10.2 Å². The van der Waals surface area contributed by atoms with Gasteiger partial charge in [-0.05, 0) is 49.8 Å². The molecule has 2 fully saturated rings. The fraction of sp³-hybridized carbons (Fsp3) is 0.462. The number of piperidine rings is 1. The lowest BCUT2D eigenvalue weighted by atomic mass is 9.81. The number of rotatable bonds is 4. The van der Waals surface area contributed by atoms with E-state index in [0.29, 0.717) is 0 Å². The number of hydrogen-bond acceptors (Lipinski definition) is 4. The molecule has 0 spiro atoms. The molecule has 1 N–H and O–H groups in total. The Bertz CT molecular complexity index is 976. The number of carbonyl (C=O) groups excluding carboxylic acids is 1. The quantitative estimate of drug-likeness (QED) is 0.793. The molecule has 1 aromatic carbocycles. The van der Waals surface area contributed by atoms with Gasteiger partial charge in [0.05, 0.1) is 12.5 Å². The van der Waals surface area contributed by atoms with E-state index in [9.17, 15) is 4.79 Å². The molecule has 1 saturated heterocycles. The van der Waals surface area contributed by atoms with Crippen molar-refractivity contribution in [2.24, 2.45) is 16.8 Å². The van der Waals surface area contributed by atoms with Crippen LogP contribution < -0.4 is 10.1 Å². The Morgan fingerprint density at radius 3 is 2.55 bits per heavy atom. The number of nitrogens with one attached hydrogen (secondary N) is 1. The van der Waals surface area contributed by atoms with Crippen molar-refractivity contribution >= 4 is 11.7 Å². The van der Waals surface area contributed by atoms with Crippen molar-refractivity contribution in [1.29, 1.82) is 0 Å². The highest BCUT2D eigenvalue weighted by molar-refractivity contribution is 6.06. The number of ether oxygens (including phenoxy) is 1. The van der Waals surface area contributed by atoms with Gasteiger partial charge >= 0.3 is 0 Å². The van der Waals surface area contributed by atoms with E-state index in [1.54, 1.807) is 7.11 Å². The number of hydrogen-bond donors (Lipinski definition) is 1. The molecule has 5 nitrogen and oxygen atoms in total. The molecule has 2 heterocycles. The van der Waals surface area contributed by atoms with Gasteiger partial charge in [0.15, 0.2) is 0 Å². The first kappa shape index (κ1) is 20.1. The third-order valence-corrected chi connectivity index (χ3v) is 7.24. The summed E-state index contributed by atoms with van der Waals surface area (Å²) < 4.78 is 5.28. The van der Waals surface area contributed by atoms with Crippen LogP contribution in [0.2, 0.25) is 0 Å². The van der Waals surface area contributed by atoms with Crippen LogP contribution in [0.3, 0.4) is 0 Å². The molecule has 5 heteroatoms. The minimum atomic E-state index is -0.438. The molecule has 0 radical (unpaired) electrons. The lowest BCUT2D eigenvalue weighted by Gasteiger charge is -2.37. The second-order valence-electron chi connectivity index (χ2n) is 9.15. The van der Waals surface area contributed by atoms with Gasteiger partial charge in [0, 0.05) is 30.5 Å². The number of amidine groups is 1. The van der Waals surface area contributed by atoms with E-state index < -0.39 is 5.41 Å². The second-order valence-corrected chi connectivity index (χ2v) is 9.15. The second kappa shape index (κ2) is 8.03. The Kier molecular flexibility index (Phi) is 5.20. The summed E-state index contributed by atoms with van der Waals surface area (Å²) in [5.74, 6) is 3.13. The summed E-state index contributed by atoms with van der Waals surface area (Å²) >= 11 is 0. The molecule has 4 aliphatic rings. The summed E-state index contributed by atoms with van der Waals surface area (Å²) in [5.41, 5.74) is 1.90. The largest absolute Gasteiger partial charge is 0.497 e. The highest BCUT2D eigenvalue weighted by Crippen LogP contribution is 2.49. The van der Waals surface area contributed by atoms with Gasteiger partial charge in [-0.3, -0.25) is 4.79 Å². The number of methoxy groups -OCH3 is 1. The number of allylic oxidation sites excluding steroid dienone is 5. The van der Waals surface area contributed by atoms with E-state index in [0.717, 1.165) is 48.9 Å². The Morgan fingerprint density at radius 2 is 1.87 bits per heavy atom. The predicted molar refractivity (Wildman–Crippen MR) is 123 cm³/mol. The van der Waals surface area contributed by atoms with E-state index in [1.165, 1.54) is 24.8 Å². The molecule has 2 atom stereocenters. The number of carbonyl (C=O) groups is 1. The highest BCUT2D eigenvalue weighted by Gasteiger charge is 2.52. The van der Waals surface area contributed by atoms with Gasteiger partial charge in [-0.1, -0.05) is 43.4 Å². The molecule has 31 heavy (non-hydrogen) atoms. The average Bonchev–Trinajstić information content (AvgIpc) is 3.64. The molecule has 162 valence electrons. The van der Waals surface area contributed by atoms with Crippen LogP contribution in [-0.4, -0.2) is 36.8 Å². The van der Waals surface area contributed by atoms with Crippen molar-refractivity contribution in [3.05, 3.63) is 65.5 Å². The fourth-order valence-electron chi connectivity index (χ4n) is 5.09. The van der Waals surface area contributed by atoms with Crippen LogP contribution in [0.4, 0.5) is 0 Å². The van der Waals surface area contributed by atoms with Crippen molar-refractivity contribution in [2.75, 3.05) is 20.2 Å². The minimum Gasteiger partial charge on any atom is -0.497 e. The molecule has 2 aliphatic heterocycles. The number of amides is 1. The molecule has 1 aromatic rings. The maximum Gasteiger partial charge on any atom is 0.235 e. The highest BCUT2D eigenvalue weighted by atomic mass is 16.5. The summed E-state index contributed by atoms with van der Waals surface area (Å²) in [6, 6.07) is 7.91. The van der Waals surface area contributed by atoms with E-state index in [1.807, 2.05) is 24.3 Å². The van der Waals surface area contributed by atoms with Gasteiger partial charge in [-0.15, -0.1) is 0 Å². The Balaban J connectivity index is 1.43. The number of likely N-dealkylation sites (tertiary alicyclic amines) is 1. The van der Waals surface area contributed by atoms with Gasteiger partial charge in [-0.25, -0.2) is 4.99 Å². The molecular weight excluding hydrogens is 386 g/mol. The van der Waals surface area contributed by atoms with Crippen molar-refractivity contribution in [2.45, 2.75) is 44.4 Å². The van der Waals surface area contributed by atoms with Crippen molar-refractivity contribution < 1.29 is 9.53 Å². The monoisotopic (exact) mass is 417 g/mol. The van der Waals surface area contributed by atoms with Gasteiger partial charge in [0.2, 0.25) is 5.91 Å². The summed E-state index contributed by atoms with van der Waals surface area (Å²) in [6.45, 7) is 4.25. The Labute approximate surface area is 184 Å². The van der Waals surface area contributed by atoms with Crippen molar-refractivity contribution in [3.63, 3.8) is 0 Å². The van der Waals surface area contributed by atoms with Crippen molar-refractivity contribution in [1.82, 2.24) is 10.2 Å². The zero-order valence-corrected chi connectivity index (χ0v) is 18.4. The zero-order chi connectivity index (χ0) is 21.4. The SMILES string of the molecule is COc1ccc(C2(C(=O)NC3=NC(N4CCCCC4)=C4C=CC=CC4C3C)CC2)cc1. The average molecular weight is 418 g/mol. The van der Waals surface area contributed by atoms with Crippen LogP contribution in [0.5, 0.6) is 5.75 Å².